The minimum Gasteiger partial charge on any atom is -0.394 e. The average molecular weight is 259 g/mol. The van der Waals surface area contributed by atoms with Crippen molar-refractivity contribution >= 4 is 0 Å². The summed E-state index contributed by atoms with van der Waals surface area (Å²) in [6.45, 7) is 7.54. The molecule has 4 N–H and O–H groups in total. The van der Waals surface area contributed by atoms with Crippen molar-refractivity contribution < 1.29 is 10.2 Å². The van der Waals surface area contributed by atoms with E-state index in [2.05, 4.69) is 16.7 Å². The van der Waals surface area contributed by atoms with Crippen molar-refractivity contribution in [3.8, 4) is 0 Å². The van der Waals surface area contributed by atoms with Crippen LogP contribution in [0.1, 0.15) is 26.2 Å². The first-order valence-electron chi connectivity index (χ1n) is 7.16. The maximum Gasteiger partial charge on any atom is 0.0897 e. The summed E-state index contributed by atoms with van der Waals surface area (Å²) in [4.78, 5) is 4.77. The molecule has 18 heavy (non-hydrogen) atoms. The predicted molar refractivity (Wildman–Crippen MR) is 73.5 cm³/mol. The lowest BCUT2D eigenvalue weighted by atomic mass is 10.1. The zero-order chi connectivity index (χ0) is 13.4. The van der Waals surface area contributed by atoms with E-state index in [0.717, 1.165) is 52.0 Å². The fourth-order valence-corrected chi connectivity index (χ4v) is 2.73. The summed E-state index contributed by atoms with van der Waals surface area (Å²) in [5.74, 6) is 0. The number of nitrogens with zero attached hydrogens (tertiary/aromatic N) is 2. The summed E-state index contributed by atoms with van der Waals surface area (Å²) in [5, 5.41) is 18.4. The molecule has 0 aromatic rings. The summed E-state index contributed by atoms with van der Waals surface area (Å²) >= 11 is 0. The summed E-state index contributed by atoms with van der Waals surface area (Å²) < 4.78 is 0. The Morgan fingerprint density at radius 3 is 2.61 bits per heavy atom. The van der Waals surface area contributed by atoms with Crippen LogP contribution in [-0.2, 0) is 0 Å². The molecule has 0 aromatic heterocycles. The normalized spacial score (nSPS) is 22.7. The largest absolute Gasteiger partial charge is 0.394 e. The maximum atomic E-state index is 9.49. The third-order valence-corrected chi connectivity index (χ3v) is 3.79. The molecule has 0 saturated carbocycles. The number of hydrogen-bond acceptors (Lipinski definition) is 5. The van der Waals surface area contributed by atoms with E-state index in [0.29, 0.717) is 12.6 Å². The minimum atomic E-state index is -0.609. The van der Waals surface area contributed by atoms with E-state index >= 15 is 0 Å². The van der Waals surface area contributed by atoms with Crippen molar-refractivity contribution in [1.29, 1.82) is 0 Å². The molecular weight excluding hydrogens is 230 g/mol. The second-order valence-electron chi connectivity index (χ2n) is 5.17. The Bertz CT molecular complexity index is 216. The highest BCUT2D eigenvalue weighted by Crippen LogP contribution is 2.12. The molecule has 0 amide bonds. The molecule has 1 rings (SSSR count). The molecule has 2 unspecified atom stereocenters. The van der Waals surface area contributed by atoms with Gasteiger partial charge >= 0.3 is 0 Å². The average Bonchev–Trinajstić information content (AvgIpc) is 2.61. The number of rotatable bonds is 7. The molecule has 5 nitrogen and oxygen atoms in total. The zero-order valence-corrected chi connectivity index (χ0v) is 11.6. The summed E-state index contributed by atoms with van der Waals surface area (Å²) in [6.07, 6.45) is 2.73. The van der Waals surface area contributed by atoms with Gasteiger partial charge in [-0.05, 0) is 38.9 Å². The second-order valence-corrected chi connectivity index (χ2v) is 5.17. The van der Waals surface area contributed by atoms with Gasteiger partial charge in [0.25, 0.3) is 0 Å². The smallest absolute Gasteiger partial charge is 0.0897 e. The van der Waals surface area contributed by atoms with E-state index in [1.54, 1.807) is 0 Å². The molecule has 108 valence electrons. The third-order valence-electron chi connectivity index (χ3n) is 3.79. The molecule has 1 aliphatic heterocycles. The van der Waals surface area contributed by atoms with Gasteiger partial charge in [0.2, 0.25) is 0 Å². The molecule has 0 bridgehead atoms. The van der Waals surface area contributed by atoms with Crippen molar-refractivity contribution in [2.24, 2.45) is 5.73 Å². The highest BCUT2D eigenvalue weighted by Gasteiger charge is 2.21. The number of β-amino-alcohol motifs (C(OH)–C–C–N with tert-alkyl or cyclic N) is 1. The van der Waals surface area contributed by atoms with E-state index in [-0.39, 0.29) is 6.61 Å². The lowest BCUT2D eigenvalue weighted by molar-refractivity contribution is 0.0596. The van der Waals surface area contributed by atoms with Crippen molar-refractivity contribution in [2.75, 3.05) is 45.9 Å². The first-order chi connectivity index (χ1) is 8.71. The molecule has 0 aromatic carbocycles. The Balaban J connectivity index is 2.39. The van der Waals surface area contributed by atoms with Gasteiger partial charge in [0.1, 0.15) is 0 Å². The monoisotopic (exact) mass is 259 g/mol. The van der Waals surface area contributed by atoms with Gasteiger partial charge in [-0.15, -0.1) is 0 Å². The predicted octanol–water partition coefficient (Wildman–Crippen LogP) is -0.525. The highest BCUT2D eigenvalue weighted by molar-refractivity contribution is 4.77. The van der Waals surface area contributed by atoms with Gasteiger partial charge in [-0.2, -0.15) is 0 Å². The van der Waals surface area contributed by atoms with Crippen molar-refractivity contribution in [3.63, 3.8) is 0 Å². The van der Waals surface area contributed by atoms with Crippen LogP contribution in [0.3, 0.4) is 0 Å². The van der Waals surface area contributed by atoms with Crippen LogP contribution in [0.4, 0.5) is 0 Å². The van der Waals surface area contributed by atoms with Gasteiger partial charge in [0.05, 0.1) is 12.7 Å². The van der Waals surface area contributed by atoms with Crippen LogP contribution >= 0.6 is 0 Å². The molecule has 0 radical (unpaired) electrons. The Labute approximate surface area is 111 Å². The van der Waals surface area contributed by atoms with Gasteiger partial charge in [-0.3, -0.25) is 9.80 Å². The number of aliphatic hydroxyl groups excluding tert-OH is 2. The van der Waals surface area contributed by atoms with Crippen molar-refractivity contribution in [2.45, 2.75) is 38.3 Å². The van der Waals surface area contributed by atoms with Crippen LogP contribution in [0, 0.1) is 0 Å². The molecule has 5 heteroatoms. The summed E-state index contributed by atoms with van der Waals surface area (Å²) in [7, 11) is 0. The van der Waals surface area contributed by atoms with Gasteiger partial charge < -0.3 is 15.9 Å². The molecule has 1 fully saturated rings. The van der Waals surface area contributed by atoms with Gasteiger partial charge in [0.15, 0.2) is 0 Å². The van der Waals surface area contributed by atoms with E-state index in [1.807, 2.05) is 0 Å². The summed E-state index contributed by atoms with van der Waals surface area (Å²) in [5.41, 5.74) is 5.66. The van der Waals surface area contributed by atoms with Crippen LogP contribution in [0.5, 0.6) is 0 Å². The van der Waals surface area contributed by atoms with Gasteiger partial charge in [-0.1, -0.05) is 6.92 Å². The van der Waals surface area contributed by atoms with E-state index < -0.39 is 6.10 Å². The van der Waals surface area contributed by atoms with E-state index in [4.69, 9.17) is 10.8 Å². The SMILES string of the molecule is CCC(CCN)N1CCCN(CC(O)CO)CC1. The number of aliphatic hydroxyl groups is 2. The molecular formula is C13H29N3O2. The Morgan fingerprint density at radius 2 is 2.00 bits per heavy atom. The molecule has 0 spiro atoms. The topological polar surface area (TPSA) is 73.0 Å². The van der Waals surface area contributed by atoms with Gasteiger partial charge in [0, 0.05) is 25.7 Å². The van der Waals surface area contributed by atoms with Crippen LogP contribution in [0.2, 0.25) is 0 Å². The minimum absolute atomic E-state index is 0.148. The number of hydrogen-bond donors (Lipinski definition) is 3. The maximum absolute atomic E-state index is 9.49. The fraction of sp³-hybridized carbons (Fsp3) is 1.00. The molecule has 0 aliphatic carbocycles. The summed E-state index contributed by atoms with van der Waals surface area (Å²) in [6, 6.07) is 0.595. The quantitative estimate of drug-likeness (QED) is 0.573. The standard InChI is InChI=1S/C13H29N3O2/c1-2-12(4-5-14)16-7-3-6-15(8-9-16)10-13(18)11-17/h12-13,17-18H,2-11,14H2,1H3. The van der Waals surface area contributed by atoms with Crippen LogP contribution < -0.4 is 5.73 Å². The van der Waals surface area contributed by atoms with E-state index in [1.165, 1.54) is 0 Å². The Hall–Kier alpha value is -0.200. The highest BCUT2D eigenvalue weighted by atomic mass is 16.3. The van der Waals surface area contributed by atoms with Crippen molar-refractivity contribution in [1.82, 2.24) is 9.80 Å². The lowest BCUT2D eigenvalue weighted by Crippen LogP contribution is -2.40. The Kier molecular flexibility index (Phi) is 7.77. The molecule has 2 atom stereocenters. The fourth-order valence-electron chi connectivity index (χ4n) is 2.73. The van der Waals surface area contributed by atoms with Crippen LogP contribution in [0.25, 0.3) is 0 Å². The molecule has 1 aliphatic rings. The molecule has 1 saturated heterocycles. The molecule has 1 heterocycles. The Morgan fingerprint density at radius 1 is 1.22 bits per heavy atom. The van der Waals surface area contributed by atoms with Crippen LogP contribution in [-0.4, -0.2) is 78.0 Å². The second kappa shape index (κ2) is 8.82. The van der Waals surface area contributed by atoms with Crippen LogP contribution in [0.15, 0.2) is 0 Å². The lowest BCUT2D eigenvalue weighted by Gasteiger charge is -2.29. The zero-order valence-electron chi connectivity index (χ0n) is 11.6. The third kappa shape index (κ3) is 5.20. The number of nitrogens with two attached hydrogens (primary N) is 1. The van der Waals surface area contributed by atoms with E-state index in [9.17, 15) is 5.11 Å². The first kappa shape index (κ1) is 15.9. The first-order valence-corrected chi connectivity index (χ1v) is 7.16. The van der Waals surface area contributed by atoms with Crippen molar-refractivity contribution in [3.05, 3.63) is 0 Å². The van der Waals surface area contributed by atoms with Gasteiger partial charge in [-0.25, -0.2) is 0 Å².